The fraction of sp³-hybridized carbons (Fsp3) is 0.182. The molecule has 4 aromatic rings. The molecule has 1 heterocycles. The van der Waals surface area contributed by atoms with Crippen molar-refractivity contribution in [1.82, 2.24) is 4.57 Å². The van der Waals surface area contributed by atoms with Gasteiger partial charge in [0.25, 0.3) is 0 Å². The van der Waals surface area contributed by atoms with E-state index in [0.29, 0.717) is 28.6 Å². The predicted octanol–water partition coefficient (Wildman–Crippen LogP) is 2.62. The SMILES string of the molecule is NC(O)c1cccc2c1c1c(OCC(O)O)cccc1n2Cc1cccc(F)c1. The lowest BCUT2D eigenvalue weighted by Crippen LogP contribution is -2.16. The summed E-state index contributed by atoms with van der Waals surface area (Å²) >= 11 is 0. The lowest BCUT2D eigenvalue weighted by Gasteiger charge is -2.11. The molecule has 0 aliphatic heterocycles. The lowest BCUT2D eigenvalue weighted by molar-refractivity contribution is -0.0677. The van der Waals surface area contributed by atoms with Crippen LogP contribution in [0.3, 0.4) is 0 Å². The van der Waals surface area contributed by atoms with Crippen LogP contribution in [-0.4, -0.2) is 32.8 Å². The first kappa shape index (κ1) is 19.4. The molecule has 4 rings (SSSR count). The number of rotatable bonds is 6. The molecule has 0 fully saturated rings. The second-order valence-corrected chi connectivity index (χ2v) is 6.84. The third kappa shape index (κ3) is 3.68. The van der Waals surface area contributed by atoms with Crippen molar-refractivity contribution in [3.8, 4) is 5.75 Å². The van der Waals surface area contributed by atoms with Crippen molar-refractivity contribution in [2.24, 2.45) is 5.73 Å². The molecule has 150 valence electrons. The highest BCUT2D eigenvalue weighted by molar-refractivity contribution is 6.13. The maximum atomic E-state index is 13.7. The van der Waals surface area contributed by atoms with Crippen LogP contribution in [0, 0.1) is 5.82 Å². The molecule has 0 spiro atoms. The van der Waals surface area contributed by atoms with Gasteiger partial charge in [0, 0.05) is 23.0 Å². The number of ether oxygens (including phenoxy) is 1. The molecule has 1 aromatic heterocycles. The Hall–Kier alpha value is -2.97. The highest BCUT2D eigenvalue weighted by Crippen LogP contribution is 2.39. The van der Waals surface area contributed by atoms with E-state index in [4.69, 9.17) is 10.5 Å². The Labute approximate surface area is 166 Å². The van der Waals surface area contributed by atoms with Gasteiger partial charge in [0.15, 0.2) is 6.29 Å². The minimum atomic E-state index is -1.62. The van der Waals surface area contributed by atoms with Crippen LogP contribution in [0.15, 0.2) is 60.7 Å². The van der Waals surface area contributed by atoms with Crippen LogP contribution in [0.1, 0.15) is 17.4 Å². The molecule has 5 N–H and O–H groups in total. The molecule has 6 nitrogen and oxygen atoms in total. The summed E-state index contributed by atoms with van der Waals surface area (Å²) in [5.41, 5.74) is 8.69. The van der Waals surface area contributed by atoms with Gasteiger partial charge >= 0.3 is 0 Å². The summed E-state index contributed by atoms with van der Waals surface area (Å²) in [6, 6.07) is 17.2. The number of aliphatic hydroxyl groups is 3. The van der Waals surface area contributed by atoms with Crippen molar-refractivity contribution >= 4 is 21.8 Å². The minimum absolute atomic E-state index is 0.303. The molecule has 0 aliphatic rings. The van der Waals surface area contributed by atoms with Crippen LogP contribution in [0.25, 0.3) is 21.8 Å². The maximum Gasteiger partial charge on any atom is 0.186 e. The van der Waals surface area contributed by atoms with E-state index in [1.54, 1.807) is 30.3 Å². The molecular formula is C22H21FN2O4. The van der Waals surface area contributed by atoms with E-state index in [-0.39, 0.29) is 12.4 Å². The molecule has 0 radical (unpaired) electrons. The Morgan fingerprint density at radius 3 is 2.31 bits per heavy atom. The second kappa shape index (κ2) is 7.81. The monoisotopic (exact) mass is 396 g/mol. The smallest absolute Gasteiger partial charge is 0.186 e. The normalized spacial score (nSPS) is 12.8. The quantitative estimate of drug-likeness (QED) is 0.376. The van der Waals surface area contributed by atoms with Crippen molar-refractivity contribution in [3.05, 3.63) is 77.6 Å². The minimum Gasteiger partial charge on any atom is -0.488 e. The highest BCUT2D eigenvalue weighted by Gasteiger charge is 2.20. The van der Waals surface area contributed by atoms with Gasteiger partial charge < -0.3 is 30.4 Å². The van der Waals surface area contributed by atoms with Crippen molar-refractivity contribution in [2.45, 2.75) is 19.1 Å². The summed E-state index contributed by atoms with van der Waals surface area (Å²) in [4.78, 5) is 0. The van der Waals surface area contributed by atoms with Crippen molar-refractivity contribution in [3.63, 3.8) is 0 Å². The molecule has 0 saturated heterocycles. The molecule has 0 bridgehead atoms. The van der Waals surface area contributed by atoms with Crippen molar-refractivity contribution in [2.75, 3.05) is 6.61 Å². The first-order valence-electron chi connectivity index (χ1n) is 9.16. The molecule has 29 heavy (non-hydrogen) atoms. The van der Waals surface area contributed by atoms with E-state index < -0.39 is 12.5 Å². The summed E-state index contributed by atoms with van der Waals surface area (Å²) < 4.78 is 21.3. The number of benzene rings is 3. The first-order chi connectivity index (χ1) is 14.0. The highest BCUT2D eigenvalue weighted by atomic mass is 19.1. The Kier molecular flexibility index (Phi) is 5.21. The number of aromatic nitrogens is 1. The second-order valence-electron chi connectivity index (χ2n) is 6.84. The molecular weight excluding hydrogens is 375 g/mol. The van der Waals surface area contributed by atoms with E-state index in [9.17, 15) is 19.7 Å². The van der Waals surface area contributed by atoms with Crippen LogP contribution in [0.5, 0.6) is 5.75 Å². The Balaban J connectivity index is 1.99. The first-order valence-corrected chi connectivity index (χ1v) is 9.16. The van der Waals surface area contributed by atoms with Gasteiger partial charge in [-0.3, -0.25) is 0 Å². The Morgan fingerprint density at radius 1 is 0.931 bits per heavy atom. The van der Waals surface area contributed by atoms with Gasteiger partial charge in [0.05, 0.1) is 10.9 Å². The number of hydrogen-bond donors (Lipinski definition) is 4. The number of halogens is 1. The summed E-state index contributed by atoms with van der Waals surface area (Å²) in [5.74, 6) is 0.119. The van der Waals surface area contributed by atoms with Crippen molar-refractivity contribution in [1.29, 1.82) is 0 Å². The van der Waals surface area contributed by atoms with Crippen LogP contribution in [0.2, 0.25) is 0 Å². The lowest BCUT2D eigenvalue weighted by atomic mass is 10.0. The fourth-order valence-corrected chi connectivity index (χ4v) is 3.70. The molecule has 0 amide bonds. The average molecular weight is 396 g/mol. The summed E-state index contributed by atoms with van der Waals surface area (Å²) in [6.07, 6.45) is -2.83. The van der Waals surface area contributed by atoms with Gasteiger partial charge in [-0.1, -0.05) is 30.3 Å². The van der Waals surface area contributed by atoms with Crippen LogP contribution in [0.4, 0.5) is 4.39 Å². The summed E-state index contributed by atoms with van der Waals surface area (Å²) in [6.45, 7) is 0.0942. The van der Waals surface area contributed by atoms with Crippen LogP contribution in [-0.2, 0) is 6.54 Å². The Morgan fingerprint density at radius 2 is 1.62 bits per heavy atom. The van der Waals surface area contributed by atoms with Crippen LogP contribution < -0.4 is 10.5 Å². The third-order valence-corrected chi connectivity index (χ3v) is 4.85. The van der Waals surface area contributed by atoms with E-state index in [0.717, 1.165) is 16.6 Å². The number of fused-ring (bicyclic) bond motifs is 3. The predicted molar refractivity (Wildman–Crippen MR) is 108 cm³/mol. The topological polar surface area (TPSA) is 101 Å². The van der Waals surface area contributed by atoms with Crippen LogP contribution >= 0.6 is 0 Å². The maximum absolute atomic E-state index is 13.7. The number of aliphatic hydroxyl groups excluding tert-OH is 2. The zero-order valence-corrected chi connectivity index (χ0v) is 15.5. The fourth-order valence-electron chi connectivity index (χ4n) is 3.70. The van der Waals surface area contributed by atoms with E-state index in [1.165, 1.54) is 12.1 Å². The van der Waals surface area contributed by atoms with Gasteiger partial charge in [-0.2, -0.15) is 0 Å². The average Bonchev–Trinajstić information content (AvgIpc) is 3.01. The summed E-state index contributed by atoms with van der Waals surface area (Å²) in [7, 11) is 0. The molecule has 0 saturated carbocycles. The summed E-state index contributed by atoms with van der Waals surface area (Å²) in [5, 5.41) is 29.9. The molecule has 0 aliphatic carbocycles. The van der Waals surface area contributed by atoms with Gasteiger partial charge in [-0.15, -0.1) is 0 Å². The van der Waals surface area contributed by atoms with Gasteiger partial charge in [0.1, 0.15) is 24.4 Å². The number of hydrogen-bond acceptors (Lipinski definition) is 5. The zero-order chi connectivity index (χ0) is 20.5. The molecule has 1 unspecified atom stereocenters. The van der Waals surface area contributed by atoms with Gasteiger partial charge in [-0.05, 0) is 35.9 Å². The third-order valence-electron chi connectivity index (χ3n) is 4.85. The van der Waals surface area contributed by atoms with E-state index >= 15 is 0 Å². The van der Waals surface area contributed by atoms with E-state index in [1.807, 2.05) is 22.8 Å². The van der Waals surface area contributed by atoms with E-state index in [2.05, 4.69) is 0 Å². The largest absolute Gasteiger partial charge is 0.488 e. The van der Waals surface area contributed by atoms with Gasteiger partial charge in [0.2, 0.25) is 0 Å². The standard InChI is InChI=1S/C22H21FN2O4/c23-14-5-1-4-13(10-14)11-25-16-7-2-6-15(22(24)28)20(16)21-17(25)8-3-9-18(21)29-12-19(26)27/h1-10,19,22,26-28H,11-12,24H2. The molecule has 1 atom stereocenters. The van der Waals surface area contributed by atoms with Gasteiger partial charge in [-0.25, -0.2) is 4.39 Å². The zero-order valence-electron chi connectivity index (χ0n) is 15.5. The molecule has 7 heteroatoms. The number of nitrogens with two attached hydrogens (primary N) is 1. The Bertz CT molecular complexity index is 1170. The number of nitrogens with zero attached hydrogens (tertiary/aromatic N) is 1. The van der Waals surface area contributed by atoms with Crippen molar-refractivity contribution < 1.29 is 24.4 Å². The molecule has 3 aromatic carbocycles.